The molecule has 0 atom stereocenters. The van der Waals surface area contributed by atoms with Crippen LogP contribution in [0.5, 0.6) is 0 Å². The summed E-state index contributed by atoms with van der Waals surface area (Å²) in [6.07, 6.45) is 0. The van der Waals surface area contributed by atoms with E-state index in [1.807, 2.05) is 6.92 Å². The first-order valence-electron chi connectivity index (χ1n) is 4.83. The van der Waals surface area contributed by atoms with Gasteiger partial charge in [0.25, 0.3) is 15.9 Å². The first kappa shape index (κ1) is 11.5. The highest BCUT2D eigenvalue weighted by atomic mass is 32.2. The zero-order valence-electron chi connectivity index (χ0n) is 8.71. The number of rotatable bonds is 3. The second-order valence-electron chi connectivity index (χ2n) is 3.28. The molecule has 0 saturated carbocycles. The largest absolute Gasteiger partial charge is 0.269 e. The molecule has 4 nitrogen and oxygen atoms in total. The highest BCUT2D eigenvalue weighted by Crippen LogP contribution is 2.30. The molecule has 1 amide bonds. The van der Waals surface area contributed by atoms with E-state index in [1.54, 1.807) is 18.2 Å². The van der Waals surface area contributed by atoms with Gasteiger partial charge in [-0.25, -0.2) is 12.7 Å². The van der Waals surface area contributed by atoms with Gasteiger partial charge in [-0.1, -0.05) is 19.1 Å². The van der Waals surface area contributed by atoms with E-state index in [0.29, 0.717) is 0 Å². The smallest absolute Gasteiger partial charge is 0.268 e. The number of benzene rings is 1. The van der Waals surface area contributed by atoms with Crippen LogP contribution in [0.4, 0.5) is 0 Å². The molecule has 0 radical (unpaired) electrons. The summed E-state index contributed by atoms with van der Waals surface area (Å²) in [6.45, 7) is 1.92. The van der Waals surface area contributed by atoms with Crippen molar-refractivity contribution < 1.29 is 13.2 Å². The van der Waals surface area contributed by atoms with Gasteiger partial charge in [-0.05, 0) is 17.9 Å². The second kappa shape index (κ2) is 4.10. The van der Waals surface area contributed by atoms with E-state index in [9.17, 15) is 13.2 Å². The van der Waals surface area contributed by atoms with Crippen molar-refractivity contribution in [2.24, 2.45) is 0 Å². The lowest BCUT2D eigenvalue weighted by Gasteiger charge is -2.13. The predicted molar refractivity (Wildman–Crippen MR) is 62.8 cm³/mol. The number of carbonyl (C=O) groups is 1. The fourth-order valence-corrected chi connectivity index (χ4v) is 4.01. The highest BCUT2D eigenvalue weighted by Gasteiger charge is 2.40. The summed E-state index contributed by atoms with van der Waals surface area (Å²) in [5.41, 5.74) is 0.277. The Hall–Kier alpha value is -1.01. The standard InChI is InChI=1S/C10H11NO3S2/c1-2-15-7-11-10(12)8-5-3-4-6-9(8)16(11,13)14/h3-6H,2,7H2,1H3. The summed E-state index contributed by atoms with van der Waals surface area (Å²) >= 11 is 1.41. The van der Waals surface area contributed by atoms with Gasteiger partial charge in [0.1, 0.15) is 4.90 Å². The molecule has 0 aromatic heterocycles. The summed E-state index contributed by atoms with van der Waals surface area (Å²) in [4.78, 5) is 12.0. The molecule has 6 heteroatoms. The van der Waals surface area contributed by atoms with Crippen LogP contribution in [-0.2, 0) is 10.0 Å². The number of fused-ring (bicyclic) bond motifs is 1. The zero-order chi connectivity index (χ0) is 11.8. The van der Waals surface area contributed by atoms with E-state index in [4.69, 9.17) is 0 Å². The number of carbonyl (C=O) groups excluding carboxylic acids is 1. The maximum absolute atomic E-state index is 12.0. The molecular formula is C10H11NO3S2. The Balaban J connectivity index is 2.46. The summed E-state index contributed by atoms with van der Waals surface area (Å²) in [6, 6.07) is 6.31. The van der Waals surface area contributed by atoms with Crippen molar-refractivity contribution in [2.75, 3.05) is 11.6 Å². The van der Waals surface area contributed by atoms with Crippen molar-refractivity contribution in [2.45, 2.75) is 11.8 Å². The van der Waals surface area contributed by atoms with Crippen LogP contribution in [0.15, 0.2) is 29.2 Å². The number of hydrogen-bond acceptors (Lipinski definition) is 4. The average Bonchev–Trinajstić information content (AvgIpc) is 2.46. The van der Waals surface area contributed by atoms with Crippen LogP contribution in [0, 0.1) is 0 Å². The van der Waals surface area contributed by atoms with Crippen LogP contribution in [-0.4, -0.2) is 30.3 Å². The Kier molecular flexibility index (Phi) is 2.94. The Morgan fingerprint density at radius 2 is 2.00 bits per heavy atom. The van der Waals surface area contributed by atoms with Crippen molar-refractivity contribution in [3.8, 4) is 0 Å². The highest BCUT2D eigenvalue weighted by molar-refractivity contribution is 8.00. The number of sulfonamides is 1. The van der Waals surface area contributed by atoms with Crippen LogP contribution >= 0.6 is 11.8 Å². The molecule has 1 heterocycles. The topological polar surface area (TPSA) is 54.5 Å². The first-order chi connectivity index (χ1) is 7.59. The lowest BCUT2D eigenvalue weighted by Crippen LogP contribution is -2.29. The third-order valence-electron chi connectivity index (χ3n) is 2.32. The van der Waals surface area contributed by atoms with Gasteiger partial charge in [0.15, 0.2) is 0 Å². The van der Waals surface area contributed by atoms with Gasteiger partial charge in [0.05, 0.1) is 11.4 Å². The van der Waals surface area contributed by atoms with Gasteiger partial charge in [-0.15, -0.1) is 11.8 Å². The molecule has 2 rings (SSSR count). The fourth-order valence-electron chi connectivity index (χ4n) is 1.53. The minimum absolute atomic E-state index is 0.122. The Labute approximate surface area is 98.7 Å². The van der Waals surface area contributed by atoms with E-state index in [1.165, 1.54) is 17.8 Å². The van der Waals surface area contributed by atoms with Crippen LogP contribution in [0.2, 0.25) is 0 Å². The van der Waals surface area contributed by atoms with E-state index in [0.717, 1.165) is 10.1 Å². The third-order valence-corrected chi connectivity index (χ3v) is 5.12. The number of hydrogen-bond donors (Lipinski definition) is 0. The summed E-state index contributed by atoms with van der Waals surface area (Å²) in [5.74, 6) is 0.540. The second-order valence-corrected chi connectivity index (χ2v) is 6.35. The third kappa shape index (κ3) is 1.62. The van der Waals surface area contributed by atoms with Gasteiger partial charge < -0.3 is 0 Å². The fraction of sp³-hybridized carbons (Fsp3) is 0.300. The molecule has 0 fully saturated rings. The Morgan fingerprint density at radius 1 is 1.31 bits per heavy atom. The average molecular weight is 257 g/mol. The molecule has 86 valence electrons. The SMILES string of the molecule is CCSCN1C(=O)c2ccccc2S1(=O)=O. The lowest BCUT2D eigenvalue weighted by molar-refractivity contribution is 0.0887. The minimum Gasteiger partial charge on any atom is -0.268 e. The summed E-state index contributed by atoms with van der Waals surface area (Å²) < 4.78 is 24.9. The van der Waals surface area contributed by atoms with Crippen molar-refractivity contribution in [1.82, 2.24) is 4.31 Å². The van der Waals surface area contributed by atoms with Crippen LogP contribution < -0.4 is 0 Å². The zero-order valence-corrected chi connectivity index (χ0v) is 10.3. The van der Waals surface area contributed by atoms with Gasteiger partial charge in [0.2, 0.25) is 0 Å². The van der Waals surface area contributed by atoms with Crippen LogP contribution in [0.3, 0.4) is 0 Å². The van der Waals surface area contributed by atoms with Gasteiger partial charge >= 0.3 is 0 Å². The van der Waals surface area contributed by atoms with Gasteiger partial charge in [-0.3, -0.25) is 4.79 Å². The van der Waals surface area contributed by atoms with E-state index < -0.39 is 15.9 Å². The van der Waals surface area contributed by atoms with E-state index in [-0.39, 0.29) is 16.3 Å². The maximum Gasteiger partial charge on any atom is 0.269 e. The number of nitrogens with zero attached hydrogens (tertiary/aromatic N) is 1. The van der Waals surface area contributed by atoms with Crippen LogP contribution in [0.1, 0.15) is 17.3 Å². The number of thioether (sulfide) groups is 1. The van der Waals surface area contributed by atoms with Crippen molar-refractivity contribution in [3.63, 3.8) is 0 Å². The normalized spacial score (nSPS) is 17.6. The molecular weight excluding hydrogens is 246 g/mol. The van der Waals surface area contributed by atoms with Gasteiger partial charge in [-0.2, -0.15) is 0 Å². The molecule has 0 aliphatic carbocycles. The molecule has 1 aromatic rings. The molecule has 0 bridgehead atoms. The maximum atomic E-state index is 12.0. The minimum atomic E-state index is -3.60. The molecule has 1 aliphatic heterocycles. The van der Waals surface area contributed by atoms with Crippen molar-refractivity contribution in [3.05, 3.63) is 29.8 Å². The Morgan fingerprint density at radius 3 is 2.62 bits per heavy atom. The molecule has 1 aliphatic rings. The van der Waals surface area contributed by atoms with Crippen LogP contribution in [0.25, 0.3) is 0 Å². The molecule has 0 spiro atoms. The Bertz CT molecular complexity index is 525. The molecule has 0 saturated heterocycles. The predicted octanol–water partition coefficient (Wildman–Crippen LogP) is 1.54. The molecule has 1 aromatic carbocycles. The molecule has 0 N–H and O–H groups in total. The number of amides is 1. The summed E-state index contributed by atoms with van der Waals surface area (Å²) in [5, 5.41) is 0. The summed E-state index contributed by atoms with van der Waals surface area (Å²) in [7, 11) is -3.60. The lowest BCUT2D eigenvalue weighted by atomic mass is 10.2. The quantitative estimate of drug-likeness (QED) is 0.824. The first-order valence-corrected chi connectivity index (χ1v) is 7.42. The van der Waals surface area contributed by atoms with Gasteiger partial charge in [0, 0.05) is 0 Å². The van der Waals surface area contributed by atoms with E-state index >= 15 is 0 Å². The molecule has 16 heavy (non-hydrogen) atoms. The molecule has 0 unspecified atom stereocenters. The van der Waals surface area contributed by atoms with Crippen molar-refractivity contribution >= 4 is 27.7 Å². The van der Waals surface area contributed by atoms with E-state index in [2.05, 4.69) is 0 Å². The van der Waals surface area contributed by atoms with Crippen molar-refractivity contribution in [1.29, 1.82) is 0 Å². The monoisotopic (exact) mass is 257 g/mol.